The molecule has 19 heavy (non-hydrogen) atoms. The van der Waals surface area contributed by atoms with Crippen molar-refractivity contribution < 1.29 is 4.79 Å². The van der Waals surface area contributed by atoms with Crippen molar-refractivity contribution in [2.45, 2.75) is 13.0 Å². The summed E-state index contributed by atoms with van der Waals surface area (Å²) in [5.41, 5.74) is 6.55. The predicted octanol–water partition coefficient (Wildman–Crippen LogP) is 0.657. The molecule has 0 unspecified atom stereocenters. The molecule has 1 aromatic rings. The van der Waals surface area contributed by atoms with E-state index in [0.29, 0.717) is 0 Å². The van der Waals surface area contributed by atoms with Crippen LogP contribution in [-0.4, -0.2) is 47.7 Å². The molecule has 102 valence electrons. The second kappa shape index (κ2) is 6.33. The third kappa shape index (κ3) is 4.06. The number of nitrogens with two attached hydrogens (primary N) is 1. The third-order valence-electron chi connectivity index (χ3n) is 3.32. The van der Waals surface area contributed by atoms with Crippen molar-refractivity contribution >= 4 is 11.7 Å². The summed E-state index contributed by atoms with van der Waals surface area (Å²) in [4.78, 5) is 15.9. The van der Waals surface area contributed by atoms with Gasteiger partial charge in [-0.1, -0.05) is 30.3 Å². The maximum atomic E-state index is 11.8. The van der Waals surface area contributed by atoms with Crippen LogP contribution in [0.5, 0.6) is 0 Å². The third-order valence-corrected chi connectivity index (χ3v) is 3.32. The number of rotatable bonds is 4. The van der Waals surface area contributed by atoms with Crippen LogP contribution in [0.1, 0.15) is 12.0 Å². The quantitative estimate of drug-likeness (QED) is 0.617. The highest BCUT2D eigenvalue weighted by molar-refractivity contribution is 5.97. The highest BCUT2D eigenvalue weighted by atomic mass is 16.2. The lowest BCUT2D eigenvalue weighted by Crippen LogP contribution is -2.48. The second-order valence-electron chi connectivity index (χ2n) is 4.84. The Morgan fingerprint density at radius 3 is 2.37 bits per heavy atom. The predicted molar refractivity (Wildman–Crippen MR) is 74.8 cm³/mol. The second-order valence-corrected chi connectivity index (χ2v) is 4.84. The van der Waals surface area contributed by atoms with Crippen molar-refractivity contribution in [2.75, 3.05) is 26.2 Å². The lowest BCUT2D eigenvalue weighted by atomic mass is 10.2. The van der Waals surface area contributed by atoms with E-state index in [1.165, 1.54) is 5.56 Å². The van der Waals surface area contributed by atoms with Crippen molar-refractivity contribution in [1.29, 1.82) is 5.41 Å². The highest BCUT2D eigenvalue weighted by Crippen LogP contribution is 2.09. The van der Waals surface area contributed by atoms with Crippen molar-refractivity contribution in [3.05, 3.63) is 35.9 Å². The molecule has 0 aromatic heterocycles. The average molecular weight is 260 g/mol. The molecule has 1 aliphatic heterocycles. The van der Waals surface area contributed by atoms with E-state index in [4.69, 9.17) is 11.1 Å². The standard InChI is InChI=1S/C14H20N4O/c15-13(16)10-14(19)18-8-6-17(7-9-18)11-12-4-2-1-3-5-12/h1-5H,6-11H2,(H3,15,16). The van der Waals surface area contributed by atoms with Crippen LogP contribution in [-0.2, 0) is 11.3 Å². The van der Waals surface area contributed by atoms with Gasteiger partial charge >= 0.3 is 0 Å². The molecule has 1 amide bonds. The molecule has 1 fully saturated rings. The summed E-state index contributed by atoms with van der Waals surface area (Å²) < 4.78 is 0. The van der Waals surface area contributed by atoms with E-state index in [0.717, 1.165) is 32.7 Å². The Balaban J connectivity index is 1.79. The first-order valence-corrected chi connectivity index (χ1v) is 6.52. The van der Waals surface area contributed by atoms with Gasteiger partial charge in [-0.3, -0.25) is 15.1 Å². The highest BCUT2D eigenvalue weighted by Gasteiger charge is 2.21. The first-order chi connectivity index (χ1) is 9.15. The summed E-state index contributed by atoms with van der Waals surface area (Å²) in [5.74, 6) is -0.0939. The van der Waals surface area contributed by atoms with Crippen LogP contribution < -0.4 is 5.73 Å². The van der Waals surface area contributed by atoms with Gasteiger partial charge in [0.1, 0.15) is 0 Å². The first kappa shape index (κ1) is 13.5. The minimum absolute atomic E-state index is 0.0353. The minimum Gasteiger partial charge on any atom is -0.387 e. The molecular formula is C14H20N4O. The van der Waals surface area contributed by atoms with E-state index in [2.05, 4.69) is 17.0 Å². The SMILES string of the molecule is N=C(N)CC(=O)N1CCN(Cc2ccccc2)CC1. The lowest BCUT2D eigenvalue weighted by molar-refractivity contribution is -0.131. The molecule has 2 rings (SSSR count). The van der Waals surface area contributed by atoms with Crippen LogP contribution in [0.15, 0.2) is 30.3 Å². The van der Waals surface area contributed by atoms with Crippen LogP contribution in [0.2, 0.25) is 0 Å². The monoisotopic (exact) mass is 260 g/mol. The van der Waals surface area contributed by atoms with Gasteiger partial charge in [0.25, 0.3) is 0 Å². The summed E-state index contributed by atoms with van der Waals surface area (Å²) >= 11 is 0. The van der Waals surface area contributed by atoms with Gasteiger partial charge in [0.05, 0.1) is 12.3 Å². The Hall–Kier alpha value is -1.88. The molecule has 0 saturated carbocycles. The van der Waals surface area contributed by atoms with E-state index < -0.39 is 0 Å². The number of nitrogens with one attached hydrogen (secondary N) is 1. The summed E-state index contributed by atoms with van der Waals surface area (Å²) in [6.45, 7) is 4.12. The first-order valence-electron chi connectivity index (χ1n) is 6.52. The van der Waals surface area contributed by atoms with Gasteiger partial charge in [-0.15, -0.1) is 0 Å². The fourth-order valence-corrected chi connectivity index (χ4v) is 2.27. The van der Waals surface area contributed by atoms with Gasteiger partial charge in [-0.05, 0) is 5.56 Å². The number of benzene rings is 1. The molecular weight excluding hydrogens is 240 g/mol. The minimum atomic E-state index is -0.0586. The number of hydrogen-bond acceptors (Lipinski definition) is 3. The smallest absolute Gasteiger partial charge is 0.230 e. The van der Waals surface area contributed by atoms with E-state index in [1.807, 2.05) is 18.2 Å². The maximum Gasteiger partial charge on any atom is 0.230 e. The number of amides is 1. The van der Waals surface area contributed by atoms with Crippen molar-refractivity contribution in [1.82, 2.24) is 9.80 Å². The zero-order valence-corrected chi connectivity index (χ0v) is 11.0. The average Bonchev–Trinajstić information content (AvgIpc) is 2.40. The zero-order valence-electron chi connectivity index (χ0n) is 11.0. The van der Waals surface area contributed by atoms with Crippen molar-refractivity contribution in [2.24, 2.45) is 5.73 Å². The fourth-order valence-electron chi connectivity index (χ4n) is 2.27. The van der Waals surface area contributed by atoms with Crippen LogP contribution in [0.3, 0.4) is 0 Å². The fraction of sp³-hybridized carbons (Fsp3) is 0.429. The number of carbonyl (C=O) groups is 1. The summed E-state index contributed by atoms with van der Waals surface area (Å²) in [6, 6.07) is 10.3. The summed E-state index contributed by atoms with van der Waals surface area (Å²) in [6.07, 6.45) is 0.0404. The van der Waals surface area contributed by atoms with Gasteiger partial charge in [-0.2, -0.15) is 0 Å². The Morgan fingerprint density at radius 1 is 1.16 bits per heavy atom. The number of nitrogens with zero attached hydrogens (tertiary/aromatic N) is 2. The molecule has 5 heteroatoms. The molecule has 3 N–H and O–H groups in total. The molecule has 0 atom stereocenters. The molecule has 5 nitrogen and oxygen atoms in total. The molecule has 1 aromatic carbocycles. The number of piperazine rings is 1. The van der Waals surface area contributed by atoms with E-state index in [-0.39, 0.29) is 18.2 Å². The largest absolute Gasteiger partial charge is 0.387 e. The maximum absolute atomic E-state index is 11.8. The summed E-state index contributed by atoms with van der Waals surface area (Å²) in [5, 5.41) is 7.15. The van der Waals surface area contributed by atoms with Crippen molar-refractivity contribution in [3.63, 3.8) is 0 Å². The molecule has 1 aliphatic rings. The van der Waals surface area contributed by atoms with E-state index in [9.17, 15) is 4.79 Å². The molecule has 0 radical (unpaired) electrons. The topological polar surface area (TPSA) is 73.4 Å². The number of hydrogen-bond donors (Lipinski definition) is 2. The normalized spacial score (nSPS) is 16.3. The van der Waals surface area contributed by atoms with E-state index in [1.54, 1.807) is 4.90 Å². The van der Waals surface area contributed by atoms with Crippen molar-refractivity contribution in [3.8, 4) is 0 Å². The molecule has 0 aliphatic carbocycles. The number of carbonyl (C=O) groups excluding carboxylic acids is 1. The van der Waals surface area contributed by atoms with Crippen LogP contribution >= 0.6 is 0 Å². The van der Waals surface area contributed by atoms with Crippen LogP contribution in [0, 0.1) is 5.41 Å². The van der Waals surface area contributed by atoms with Gasteiger partial charge in [0, 0.05) is 32.7 Å². The van der Waals surface area contributed by atoms with Gasteiger partial charge in [-0.25, -0.2) is 0 Å². The lowest BCUT2D eigenvalue weighted by Gasteiger charge is -2.34. The molecule has 0 spiro atoms. The molecule has 0 bridgehead atoms. The van der Waals surface area contributed by atoms with Gasteiger partial charge < -0.3 is 10.6 Å². The molecule has 1 heterocycles. The van der Waals surface area contributed by atoms with Gasteiger partial charge in [0.15, 0.2) is 0 Å². The zero-order chi connectivity index (χ0) is 13.7. The molecule has 1 saturated heterocycles. The number of amidine groups is 1. The van der Waals surface area contributed by atoms with E-state index >= 15 is 0 Å². The Kier molecular flexibility index (Phi) is 4.52. The van der Waals surface area contributed by atoms with Crippen LogP contribution in [0.4, 0.5) is 0 Å². The Labute approximate surface area is 113 Å². The Morgan fingerprint density at radius 2 is 1.79 bits per heavy atom. The summed E-state index contributed by atoms with van der Waals surface area (Å²) in [7, 11) is 0. The van der Waals surface area contributed by atoms with Gasteiger partial charge in [0.2, 0.25) is 5.91 Å². The Bertz CT molecular complexity index is 438. The van der Waals surface area contributed by atoms with Crippen LogP contribution in [0.25, 0.3) is 0 Å².